The highest BCUT2D eigenvalue weighted by atomic mass is 127. The number of rotatable bonds is 6. The van der Waals surface area contributed by atoms with E-state index in [0.29, 0.717) is 24.6 Å². The second kappa shape index (κ2) is 10.7. The molecule has 25 heavy (non-hydrogen) atoms. The van der Waals surface area contributed by atoms with E-state index >= 15 is 0 Å². The van der Waals surface area contributed by atoms with Gasteiger partial charge in [0.15, 0.2) is 5.96 Å². The van der Waals surface area contributed by atoms with Gasteiger partial charge in [-0.3, -0.25) is 10.1 Å². The van der Waals surface area contributed by atoms with E-state index in [2.05, 4.69) is 27.8 Å². The Bertz CT molecular complexity index is 717. The fourth-order valence-corrected chi connectivity index (χ4v) is 2.22. The molecule has 0 bridgehead atoms. The van der Waals surface area contributed by atoms with Crippen molar-refractivity contribution in [1.29, 1.82) is 0 Å². The lowest BCUT2D eigenvalue weighted by Gasteiger charge is -2.11. The van der Waals surface area contributed by atoms with E-state index in [1.54, 1.807) is 18.2 Å². The number of aliphatic imine (C=N–C) groups is 1. The zero-order chi connectivity index (χ0) is 17.4. The first-order valence-corrected chi connectivity index (χ1v) is 7.90. The largest absolute Gasteiger partial charge is 0.357 e. The van der Waals surface area contributed by atoms with E-state index in [1.807, 2.05) is 26.0 Å². The fraction of sp³-hybridized carbons (Fsp3) is 0.278. The molecule has 134 valence electrons. The number of nitrogens with zero attached hydrogens (tertiary/aromatic N) is 2. The lowest BCUT2D eigenvalue weighted by atomic mass is 10.1. The summed E-state index contributed by atoms with van der Waals surface area (Å²) in [6.45, 7) is 5.64. The van der Waals surface area contributed by atoms with Gasteiger partial charge in [0.05, 0.1) is 11.5 Å². The van der Waals surface area contributed by atoms with Crippen molar-refractivity contribution < 1.29 is 4.92 Å². The molecular formula is C18H23IN4O2. The SMILES string of the molecule is CCNC(=NCc1ccc(C)cc1)NCc1ccccc1[N+](=O)[O-].I. The average molecular weight is 454 g/mol. The minimum Gasteiger partial charge on any atom is -0.357 e. The van der Waals surface area contributed by atoms with Crippen LogP contribution in [0.1, 0.15) is 23.6 Å². The lowest BCUT2D eigenvalue weighted by Crippen LogP contribution is -2.36. The van der Waals surface area contributed by atoms with Gasteiger partial charge in [-0.25, -0.2) is 4.99 Å². The molecule has 2 N–H and O–H groups in total. The molecule has 0 aliphatic heterocycles. The number of hydrogen-bond donors (Lipinski definition) is 2. The summed E-state index contributed by atoms with van der Waals surface area (Å²) < 4.78 is 0. The molecule has 0 aliphatic carbocycles. The van der Waals surface area contributed by atoms with E-state index in [1.165, 1.54) is 11.6 Å². The van der Waals surface area contributed by atoms with Crippen LogP contribution in [-0.4, -0.2) is 17.4 Å². The number of guanidine groups is 1. The molecule has 6 nitrogen and oxygen atoms in total. The minimum atomic E-state index is -0.368. The van der Waals surface area contributed by atoms with E-state index < -0.39 is 0 Å². The van der Waals surface area contributed by atoms with Gasteiger partial charge in [-0.15, -0.1) is 24.0 Å². The predicted molar refractivity (Wildman–Crippen MR) is 111 cm³/mol. The summed E-state index contributed by atoms with van der Waals surface area (Å²) in [4.78, 5) is 15.2. The molecule has 0 aromatic heterocycles. The summed E-state index contributed by atoms with van der Waals surface area (Å²) in [6.07, 6.45) is 0. The van der Waals surface area contributed by atoms with Crippen molar-refractivity contribution in [2.24, 2.45) is 4.99 Å². The molecule has 0 radical (unpaired) electrons. The van der Waals surface area contributed by atoms with Gasteiger partial charge in [-0.1, -0.05) is 48.0 Å². The molecule has 0 fully saturated rings. The predicted octanol–water partition coefficient (Wildman–Crippen LogP) is 3.78. The maximum absolute atomic E-state index is 11.1. The molecule has 2 rings (SSSR count). The van der Waals surface area contributed by atoms with Crippen LogP contribution in [0.2, 0.25) is 0 Å². The summed E-state index contributed by atoms with van der Waals surface area (Å²) in [5, 5.41) is 17.4. The highest BCUT2D eigenvalue weighted by Gasteiger charge is 2.12. The summed E-state index contributed by atoms with van der Waals surface area (Å²) in [7, 11) is 0. The molecule has 0 saturated heterocycles. The molecule has 0 aliphatic rings. The number of para-hydroxylation sites is 1. The van der Waals surface area contributed by atoms with Crippen molar-refractivity contribution in [1.82, 2.24) is 10.6 Å². The third kappa shape index (κ3) is 6.69. The molecule has 7 heteroatoms. The van der Waals surface area contributed by atoms with Gasteiger partial charge >= 0.3 is 0 Å². The Labute approximate surface area is 164 Å². The summed E-state index contributed by atoms with van der Waals surface area (Å²) >= 11 is 0. The topological polar surface area (TPSA) is 79.6 Å². The lowest BCUT2D eigenvalue weighted by molar-refractivity contribution is -0.385. The number of halogens is 1. The minimum absolute atomic E-state index is 0. The van der Waals surface area contributed by atoms with Gasteiger partial charge in [-0.2, -0.15) is 0 Å². The third-order valence-corrected chi connectivity index (χ3v) is 3.52. The number of hydrogen-bond acceptors (Lipinski definition) is 3. The van der Waals surface area contributed by atoms with Crippen LogP contribution in [0.25, 0.3) is 0 Å². The van der Waals surface area contributed by atoms with Gasteiger partial charge in [0.2, 0.25) is 0 Å². The van der Waals surface area contributed by atoms with Crippen molar-refractivity contribution in [2.45, 2.75) is 26.9 Å². The number of nitro benzene ring substituents is 1. The van der Waals surface area contributed by atoms with Crippen LogP contribution in [-0.2, 0) is 13.1 Å². The summed E-state index contributed by atoms with van der Waals surface area (Å²) in [6, 6.07) is 14.9. The average Bonchev–Trinajstić information content (AvgIpc) is 2.59. The van der Waals surface area contributed by atoms with Crippen LogP contribution >= 0.6 is 24.0 Å². The maximum Gasteiger partial charge on any atom is 0.274 e. The molecule has 0 atom stereocenters. The van der Waals surface area contributed by atoms with Gasteiger partial charge in [0.1, 0.15) is 0 Å². The number of nitrogens with one attached hydrogen (secondary N) is 2. The summed E-state index contributed by atoms with van der Waals surface area (Å²) in [5.41, 5.74) is 3.07. The van der Waals surface area contributed by atoms with Gasteiger partial charge in [-0.05, 0) is 19.4 Å². The Morgan fingerprint density at radius 3 is 2.44 bits per heavy atom. The Hall–Kier alpha value is -2.16. The van der Waals surface area contributed by atoms with E-state index in [-0.39, 0.29) is 34.6 Å². The molecule has 2 aromatic rings. The highest BCUT2D eigenvalue weighted by Crippen LogP contribution is 2.17. The van der Waals surface area contributed by atoms with Crippen molar-refractivity contribution >= 4 is 35.6 Å². The Morgan fingerprint density at radius 1 is 1.12 bits per heavy atom. The summed E-state index contributed by atoms with van der Waals surface area (Å²) in [5.74, 6) is 0.635. The standard InChI is InChI=1S/C18H22N4O2.HI/c1-3-19-18(20-12-15-10-8-14(2)9-11-15)21-13-16-6-4-5-7-17(16)22(23)24;/h4-11H,3,12-13H2,1-2H3,(H2,19,20,21);1H. The van der Waals surface area contributed by atoms with E-state index in [9.17, 15) is 10.1 Å². The van der Waals surface area contributed by atoms with Crippen LogP contribution in [0.5, 0.6) is 0 Å². The first-order chi connectivity index (χ1) is 11.6. The van der Waals surface area contributed by atoms with Crippen molar-refractivity contribution in [3.8, 4) is 0 Å². The third-order valence-electron chi connectivity index (χ3n) is 3.52. The van der Waals surface area contributed by atoms with E-state index in [4.69, 9.17) is 0 Å². The quantitative estimate of drug-likeness (QED) is 0.229. The smallest absolute Gasteiger partial charge is 0.274 e. The first kappa shape index (κ1) is 20.9. The van der Waals surface area contributed by atoms with Crippen LogP contribution in [0.3, 0.4) is 0 Å². The molecule has 0 amide bonds. The van der Waals surface area contributed by atoms with Crippen LogP contribution in [0.15, 0.2) is 53.5 Å². The van der Waals surface area contributed by atoms with Crippen molar-refractivity contribution in [3.05, 3.63) is 75.3 Å². The molecule has 0 heterocycles. The van der Waals surface area contributed by atoms with Crippen LogP contribution < -0.4 is 10.6 Å². The van der Waals surface area contributed by atoms with E-state index in [0.717, 1.165) is 12.1 Å². The first-order valence-electron chi connectivity index (χ1n) is 7.90. The maximum atomic E-state index is 11.1. The van der Waals surface area contributed by atoms with Crippen LogP contribution in [0.4, 0.5) is 5.69 Å². The highest BCUT2D eigenvalue weighted by molar-refractivity contribution is 14.0. The zero-order valence-electron chi connectivity index (χ0n) is 14.4. The monoisotopic (exact) mass is 454 g/mol. The fourth-order valence-electron chi connectivity index (χ4n) is 2.22. The Kier molecular flexibility index (Phi) is 8.90. The van der Waals surface area contributed by atoms with Gasteiger partial charge in [0, 0.05) is 24.7 Å². The van der Waals surface area contributed by atoms with Crippen molar-refractivity contribution in [2.75, 3.05) is 6.54 Å². The zero-order valence-corrected chi connectivity index (χ0v) is 16.7. The molecule has 0 saturated carbocycles. The second-order valence-corrected chi connectivity index (χ2v) is 5.42. The normalized spacial score (nSPS) is 10.7. The number of nitro groups is 1. The molecule has 2 aromatic carbocycles. The number of benzene rings is 2. The Balaban J connectivity index is 0.00000312. The Morgan fingerprint density at radius 2 is 1.80 bits per heavy atom. The van der Waals surface area contributed by atoms with Gasteiger partial charge in [0.25, 0.3) is 5.69 Å². The molecule has 0 unspecified atom stereocenters. The molecule has 0 spiro atoms. The number of aryl methyl sites for hydroxylation is 1. The molecular weight excluding hydrogens is 431 g/mol. The van der Waals surface area contributed by atoms with Gasteiger partial charge < -0.3 is 10.6 Å². The van der Waals surface area contributed by atoms with Crippen LogP contribution in [0, 0.1) is 17.0 Å². The second-order valence-electron chi connectivity index (χ2n) is 5.42. The van der Waals surface area contributed by atoms with Crippen molar-refractivity contribution in [3.63, 3.8) is 0 Å².